The zero-order valence-electron chi connectivity index (χ0n) is 14.9. The second kappa shape index (κ2) is 7.25. The lowest BCUT2D eigenvalue weighted by molar-refractivity contribution is 0.0526. The standard InChI is InChI=1S/C18H22N2O3S2/c1-5-23-18(22)14-12-7-6-9(2)8-13(12)25-17(14)20-16(21)15-10(3)19-11(4)24-15/h9H,5-8H2,1-4H3,(H,20,21)/t9-/m1/s1. The Morgan fingerprint density at radius 2 is 2.08 bits per heavy atom. The van der Waals surface area contributed by atoms with Crippen LogP contribution in [0.3, 0.4) is 0 Å². The number of carbonyl (C=O) groups is 2. The van der Waals surface area contributed by atoms with Gasteiger partial charge in [-0.25, -0.2) is 9.78 Å². The highest BCUT2D eigenvalue weighted by atomic mass is 32.1. The van der Waals surface area contributed by atoms with Crippen molar-refractivity contribution in [3.63, 3.8) is 0 Å². The number of amides is 1. The number of thiazole rings is 1. The number of fused-ring (bicyclic) bond motifs is 1. The van der Waals surface area contributed by atoms with E-state index in [0.29, 0.717) is 33.7 Å². The molecule has 0 saturated heterocycles. The normalized spacial score (nSPS) is 16.4. The van der Waals surface area contributed by atoms with E-state index in [0.717, 1.165) is 29.8 Å². The molecule has 0 radical (unpaired) electrons. The number of nitrogens with one attached hydrogen (secondary N) is 1. The molecule has 25 heavy (non-hydrogen) atoms. The summed E-state index contributed by atoms with van der Waals surface area (Å²) < 4.78 is 5.24. The third kappa shape index (κ3) is 3.62. The van der Waals surface area contributed by atoms with Gasteiger partial charge in [-0.15, -0.1) is 22.7 Å². The summed E-state index contributed by atoms with van der Waals surface area (Å²) in [5, 5.41) is 4.40. The zero-order chi connectivity index (χ0) is 18.1. The molecule has 5 nitrogen and oxygen atoms in total. The van der Waals surface area contributed by atoms with Gasteiger partial charge in [0.2, 0.25) is 0 Å². The first-order chi connectivity index (χ1) is 11.9. The molecule has 0 aromatic carbocycles. The average molecular weight is 379 g/mol. The summed E-state index contributed by atoms with van der Waals surface area (Å²) in [6.45, 7) is 8.03. The van der Waals surface area contributed by atoms with Crippen LogP contribution in [0.2, 0.25) is 0 Å². The minimum absolute atomic E-state index is 0.208. The second-order valence-corrected chi connectivity index (χ2v) is 8.69. The Kier molecular flexibility index (Phi) is 5.24. The number of aromatic nitrogens is 1. The summed E-state index contributed by atoms with van der Waals surface area (Å²) in [7, 11) is 0. The molecule has 2 aromatic rings. The van der Waals surface area contributed by atoms with Crippen LogP contribution in [-0.2, 0) is 17.6 Å². The largest absolute Gasteiger partial charge is 0.462 e. The molecule has 134 valence electrons. The van der Waals surface area contributed by atoms with Gasteiger partial charge in [-0.3, -0.25) is 4.79 Å². The number of anilines is 1. The average Bonchev–Trinajstić information content (AvgIpc) is 3.06. The fraction of sp³-hybridized carbons (Fsp3) is 0.500. The molecule has 2 aromatic heterocycles. The first-order valence-corrected chi connectivity index (χ1v) is 10.1. The summed E-state index contributed by atoms with van der Waals surface area (Å²) >= 11 is 2.87. The van der Waals surface area contributed by atoms with E-state index in [1.54, 1.807) is 6.92 Å². The van der Waals surface area contributed by atoms with Crippen LogP contribution in [0.15, 0.2) is 0 Å². The molecule has 0 fully saturated rings. The van der Waals surface area contributed by atoms with Gasteiger partial charge in [0.1, 0.15) is 9.88 Å². The molecule has 0 spiro atoms. The highest BCUT2D eigenvalue weighted by Gasteiger charge is 2.29. The Bertz CT molecular complexity index is 823. The third-order valence-corrected chi connectivity index (χ3v) is 6.57. The van der Waals surface area contributed by atoms with Crippen molar-refractivity contribution in [2.24, 2.45) is 5.92 Å². The smallest absolute Gasteiger partial charge is 0.341 e. The molecule has 0 aliphatic heterocycles. The number of rotatable bonds is 4. The summed E-state index contributed by atoms with van der Waals surface area (Å²) in [6, 6.07) is 0. The van der Waals surface area contributed by atoms with Crippen molar-refractivity contribution in [3.8, 4) is 0 Å². The molecule has 1 atom stereocenters. The molecule has 0 unspecified atom stereocenters. The molecule has 1 amide bonds. The predicted molar refractivity (Wildman–Crippen MR) is 101 cm³/mol. The van der Waals surface area contributed by atoms with E-state index < -0.39 is 0 Å². The van der Waals surface area contributed by atoms with E-state index in [1.807, 2.05) is 13.8 Å². The highest BCUT2D eigenvalue weighted by molar-refractivity contribution is 7.17. The fourth-order valence-corrected chi connectivity index (χ4v) is 5.37. The van der Waals surface area contributed by atoms with E-state index in [1.165, 1.54) is 27.6 Å². The number of nitrogens with zero attached hydrogens (tertiary/aromatic N) is 1. The van der Waals surface area contributed by atoms with Gasteiger partial charge in [-0.05, 0) is 51.5 Å². The zero-order valence-corrected chi connectivity index (χ0v) is 16.5. The van der Waals surface area contributed by atoms with Gasteiger partial charge in [0.15, 0.2) is 0 Å². The molecular weight excluding hydrogens is 356 g/mol. The maximum absolute atomic E-state index is 12.7. The molecule has 1 N–H and O–H groups in total. The molecule has 0 bridgehead atoms. The number of carbonyl (C=O) groups excluding carboxylic acids is 2. The van der Waals surface area contributed by atoms with Crippen molar-refractivity contribution in [3.05, 3.63) is 31.6 Å². The summed E-state index contributed by atoms with van der Waals surface area (Å²) in [5.74, 6) is 0.0403. The van der Waals surface area contributed by atoms with Crippen molar-refractivity contribution in [1.82, 2.24) is 4.98 Å². The fourth-order valence-electron chi connectivity index (χ4n) is 3.16. The molecule has 1 aliphatic carbocycles. The van der Waals surface area contributed by atoms with E-state index in [-0.39, 0.29) is 11.9 Å². The lowest BCUT2D eigenvalue weighted by atomic mass is 9.88. The van der Waals surface area contributed by atoms with Crippen LogP contribution >= 0.6 is 22.7 Å². The second-order valence-electron chi connectivity index (χ2n) is 6.38. The van der Waals surface area contributed by atoms with E-state index in [4.69, 9.17) is 4.74 Å². The van der Waals surface area contributed by atoms with Gasteiger partial charge in [0.25, 0.3) is 5.91 Å². The molecule has 0 saturated carbocycles. The van der Waals surface area contributed by atoms with Gasteiger partial charge in [0, 0.05) is 4.88 Å². The van der Waals surface area contributed by atoms with Crippen LogP contribution in [0, 0.1) is 19.8 Å². The summed E-state index contributed by atoms with van der Waals surface area (Å²) in [5.41, 5.74) is 2.31. The van der Waals surface area contributed by atoms with Crippen LogP contribution in [-0.4, -0.2) is 23.5 Å². The van der Waals surface area contributed by atoms with Gasteiger partial charge in [0.05, 0.1) is 22.9 Å². The highest BCUT2D eigenvalue weighted by Crippen LogP contribution is 2.40. The van der Waals surface area contributed by atoms with Crippen LogP contribution in [0.25, 0.3) is 0 Å². The third-order valence-electron chi connectivity index (χ3n) is 4.33. The number of aryl methyl sites for hydroxylation is 2. The van der Waals surface area contributed by atoms with Gasteiger partial charge in [-0.1, -0.05) is 6.92 Å². The molecule has 7 heteroatoms. The minimum atomic E-state index is -0.345. The Labute approximate surface area is 155 Å². The van der Waals surface area contributed by atoms with Crippen molar-refractivity contribution in [1.29, 1.82) is 0 Å². The van der Waals surface area contributed by atoms with Crippen molar-refractivity contribution in [2.75, 3.05) is 11.9 Å². The quantitative estimate of drug-likeness (QED) is 0.802. The summed E-state index contributed by atoms with van der Waals surface area (Å²) in [6.07, 6.45) is 2.85. The van der Waals surface area contributed by atoms with Gasteiger partial charge < -0.3 is 10.1 Å². The van der Waals surface area contributed by atoms with Crippen LogP contribution < -0.4 is 5.32 Å². The molecular formula is C18H22N2O3S2. The van der Waals surface area contributed by atoms with E-state index in [2.05, 4.69) is 17.2 Å². The number of hydrogen-bond donors (Lipinski definition) is 1. The van der Waals surface area contributed by atoms with Gasteiger partial charge >= 0.3 is 5.97 Å². The number of esters is 1. The minimum Gasteiger partial charge on any atom is -0.462 e. The van der Waals surface area contributed by atoms with Gasteiger partial charge in [-0.2, -0.15) is 0 Å². The maximum Gasteiger partial charge on any atom is 0.341 e. The number of hydrogen-bond acceptors (Lipinski definition) is 6. The van der Waals surface area contributed by atoms with E-state index >= 15 is 0 Å². The maximum atomic E-state index is 12.7. The van der Waals surface area contributed by atoms with E-state index in [9.17, 15) is 9.59 Å². The number of ether oxygens (including phenoxy) is 1. The molecule has 3 rings (SSSR count). The van der Waals surface area contributed by atoms with Crippen LogP contribution in [0.4, 0.5) is 5.00 Å². The lowest BCUT2D eigenvalue weighted by Gasteiger charge is -2.18. The van der Waals surface area contributed by atoms with Crippen LogP contribution in [0.1, 0.15) is 61.4 Å². The summed E-state index contributed by atoms with van der Waals surface area (Å²) in [4.78, 5) is 31.2. The van der Waals surface area contributed by atoms with Crippen LogP contribution in [0.5, 0.6) is 0 Å². The first-order valence-electron chi connectivity index (χ1n) is 8.47. The lowest BCUT2D eigenvalue weighted by Crippen LogP contribution is -2.16. The predicted octanol–water partition coefficient (Wildman–Crippen LogP) is 4.38. The Morgan fingerprint density at radius 3 is 2.72 bits per heavy atom. The topological polar surface area (TPSA) is 68.3 Å². The molecule has 2 heterocycles. The van der Waals surface area contributed by atoms with Crippen molar-refractivity contribution in [2.45, 2.75) is 47.0 Å². The SMILES string of the molecule is CCOC(=O)c1c(NC(=O)c2sc(C)nc2C)sc2c1CC[C@@H](C)C2. The van der Waals surface area contributed by atoms with Crippen molar-refractivity contribution < 1.29 is 14.3 Å². The monoisotopic (exact) mass is 378 g/mol. The van der Waals surface area contributed by atoms with Crippen molar-refractivity contribution >= 4 is 39.6 Å². The molecule has 1 aliphatic rings. The first kappa shape index (κ1) is 18.1. The Balaban J connectivity index is 1.96. The number of thiophene rings is 1. The Hall–Kier alpha value is -1.73. The Morgan fingerprint density at radius 1 is 1.32 bits per heavy atom.